The SMILES string of the molecule is Cc1cccc(-c2cccc(-c3cc(-c4ccccc4)ccc3Nc3ccccc3)c2)c1. The predicted molar refractivity (Wildman–Crippen MR) is 137 cm³/mol. The summed E-state index contributed by atoms with van der Waals surface area (Å²) in [4.78, 5) is 0. The zero-order valence-electron chi connectivity index (χ0n) is 18.1. The van der Waals surface area contributed by atoms with Gasteiger partial charge in [-0.15, -0.1) is 0 Å². The van der Waals surface area contributed by atoms with Gasteiger partial charge in [-0.1, -0.05) is 103 Å². The molecule has 0 aliphatic heterocycles. The Morgan fingerprint density at radius 3 is 1.78 bits per heavy atom. The molecule has 0 aromatic heterocycles. The first-order valence-electron chi connectivity index (χ1n) is 11.0. The maximum absolute atomic E-state index is 3.62. The van der Waals surface area contributed by atoms with Crippen LogP contribution >= 0.6 is 0 Å². The molecule has 0 saturated carbocycles. The number of nitrogens with one attached hydrogen (secondary N) is 1. The average molecular weight is 412 g/mol. The van der Waals surface area contributed by atoms with Crippen molar-refractivity contribution in [1.29, 1.82) is 0 Å². The molecule has 5 aromatic rings. The van der Waals surface area contributed by atoms with Crippen molar-refractivity contribution in [3.05, 3.63) is 133 Å². The highest BCUT2D eigenvalue weighted by atomic mass is 14.9. The van der Waals surface area contributed by atoms with E-state index >= 15 is 0 Å². The Morgan fingerprint density at radius 1 is 0.438 bits per heavy atom. The molecule has 1 nitrogen and oxygen atoms in total. The fraction of sp³-hybridized carbons (Fsp3) is 0.0323. The molecule has 0 spiro atoms. The van der Waals surface area contributed by atoms with Gasteiger partial charge in [0.2, 0.25) is 0 Å². The minimum Gasteiger partial charge on any atom is -0.355 e. The van der Waals surface area contributed by atoms with E-state index in [2.05, 4.69) is 134 Å². The minimum absolute atomic E-state index is 1.08. The minimum atomic E-state index is 1.08. The standard InChI is InChI=1S/C31H25N/c1-23-10-8-13-25(20-23)26-14-9-15-28(21-26)30-22-27(24-11-4-2-5-12-24)18-19-31(30)32-29-16-6-3-7-17-29/h2-22,32H,1H3. The number of aryl methyl sites for hydroxylation is 1. The van der Waals surface area contributed by atoms with Gasteiger partial charge in [0.15, 0.2) is 0 Å². The van der Waals surface area contributed by atoms with E-state index < -0.39 is 0 Å². The van der Waals surface area contributed by atoms with Crippen molar-refractivity contribution in [2.45, 2.75) is 6.92 Å². The number of rotatable bonds is 5. The van der Waals surface area contributed by atoms with Crippen LogP contribution in [0.3, 0.4) is 0 Å². The molecule has 5 aromatic carbocycles. The molecule has 0 aliphatic carbocycles. The third-order valence-electron chi connectivity index (χ3n) is 5.70. The lowest BCUT2D eigenvalue weighted by molar-refractivity contribution is 1.46. The zero-order valence-corrected chi connectivity index (χ0v) is 18.1. The summed E-state index contributed by atoms with van der Waals surface area (Å²) in [5, 5.41) is 3.62. The maximum atomic E-state index is 3.62. The van der Waals surface area contributed by atoms with Crippen molar-refractivity contribution in [3.63, 3.8) is 0 Å². The smallest absolute Gasteiger partial charge is 0.0464 e. The van der Waals surface area contributed by atoms with Gasteiger partial charge >= 0.3 is 0 Å². The van der Waals surface area contributed by atoms with Crippen LogP contribution in [-0.2, 0) is 0 Å². The fourth-order valence-electron chi connectivity index (χ4n) is 4.07. The molecule has 0 saturated heterocycles. The quantitative estimate of drug-likeness (QED) is 0.305. The highest BCUT2D eigenvalue weighted by Crippen LogP contribution is 2.36. The predicted octanol–water partition coefficient (Wildman–Crippen LogP) is 8.74. The normalized spacial score (nSPS) is 10.7. The van der Waals surface area contributed by atoms with E-state index in [0.29, 0.717) is 0 Å². The van der Waals surface area contributed by atoms with Crippen LogP contribution in [0.25, 0.3) is 33.4 Å². The van der Waals surface area contributed by atoms with Crippen molar-refractivity contribution in [1.82, 2.24) is 0 Å². The number of anilines is 2. The molecule has 5 rings (SSSR count). The Kier molecular flexibility index (Phi) is 5.55. The van der Waals surface area contributed by atoms with Crippen molar-refractivity contribution >= 4 is 11.4 Å². The van der Waals surface area contributed by atoms with Crippen LogP contribution in [0.15, 0.2) is 127 Å². The summed E-state index contributed by atoms with van der Waals surface area (Å²) < 4.78 is 0. The lowest BCUT2D eigenvalue weighted by Crippen LogP contribution is -1.94. The van der Waals surface area contributed by atoms with Gasteiger partial charge in [0.1, 0.15) is 0 Å². The molecule has 0 fully saturated rings. The molecule has 1 heteroatoms. The summed E-state index contributed by atoms with van der Waals surface area (Å²) in [5.41, 5.74) is 10.7. The Labute approximate surface area is 190 Å². The van der Waals surface area contributed by atoms with Gasteiger partial charge in [-0.25, -0.2) is 0 Å². The second-order valence-electron chi connectivity index (χ2n) is 8.07. The van der Waals surface area contributed by atoms with Crippen LogP contribution in [0.4, 0.5) is 11.4 Å². The van der Waals surface area contributed by atoms with Gasteiger partial charge in [-0.3, -0.25) is 0 Å². The molecule has 0 aliphatic rings. The topological polar surface area (TPSA) is 12.0 Å². The van der Waals surface area contributed by atoms with Crippen molar-refractivity contribution < 1.29 is 0 Å². The molecule has 0 amide bonds. The van der Waals surface area contributed by atoms with Gasteiger partial charge in [-0.2, -0.15) is 0 Å². The Morgan fingerprint density at radius 2 is 1.03 bits per heavy atom. The highest BCUT2D eigenvalue weighted by molar-refractivity contribution is 5.87. The molecule has 1 N–H and O–H groups in total. The van der Waals surface area contributed by atoms with Crippen LogP contribution in [0, 0.1) is 6.92 Å². The Bertz CT molecular complexity index is 1340. The zero-order chi connectivity index (χ0) is 21.8. The third-order valence-corrected chi connectivity index (χ3v) is 5.70. The number of para-hydroxylation sites is 1. The van der Waals surface area contributed by atoms with Crippen LogP contribution < -0.4 is 5.32 Å². The number of hydrogen-bond donors (Lipinski definition) is 1. The van der Waals surface area contributed by atoms with Crippen molar-refractivity contribution in [2.75, 3.05) is 5.32 Å². The van der Waals surface area contributed by atoms with Crippen LogP contribution in [0.1, 0.15) is 5.56 Å². The van der Waals surface area contributed by atoms with Crippen LogP contribution in [0.2, 0.25) is 0 Å². The Hall–Kier alpha value is -4.10. The third kappa shape index (κ3) is 4.33. The van der Waals surface area contributed by atoms with E-state index in [1.165, 1.54) is 38.9 Å². The van der Waals surface area contributed by atoms with Crippen LogP contribution in [-0.4, -0.2) is 0 Å². The number of benzene rings is 5. The van der Waals surface area contributed by atoms with E-state index in [1.54, 1.807) is 0 Å². The summed E-state index contributed by atoms with van der Waals surface area (Å²) in [6, 6.07) is 45.0. The first-order valence-corrected chi connectivity index (χ1v) is 11.0. The Balaban J connectivity index is 1.63. The van der Waals surface area contributed by atoms with E-state index in [1.807, 2.05) is 6.07 Å². The first kappa shape index (κ1) is 19.8. The largest absolute Gasteiger partial charge is 0.355 e. The molecule has 32 heavy (non-hydrogen) atoms. The second-order valence-corrected chi connectivity index (χ2v) is 8.07. The van der Waals surface area contributed by atoms with E-state index in [4.69, 9.17) is 0 Å². The first-order chi connectivity index (χ1) is 15.8. The van der Waals surface area contributed by atoms with Gasteiger partial charge in [-0.05, 0) is 65.1 Å². The van der Waals surface area contributed by atoms with Gasteiger partial charge in [0.25, 0.3) is 0 Å². The summed E-state index contributed by atoms with van der Waals surface area (Å²) >= 11 is 0. The van der Waals surface area contributed by atoms with E-state index in [9.17, 15) is 0 Å². The van der Waals surface area contributed by atoms with E-state index in [-0.39, 0.29) is 0 Å². The monoisotopic (exact) mass is 411 g/mol. The number of hydrogen-bond acceptors (Lipinski definition) is 1. The second kappa shape index (κ2) is 8.95. The lowest BCUT2D eigenvalue weighted by Gasteiger charge is -2.16. The average Bonchev–Trinajstić information content (AvgIpc) is 2.85. The van der Waals surface area contributed by atoms with Crippen molar-refractivity contribution in [2.24, 2.45) is 0 Å². The molecule has 0 heterocycles. The molecular weight excluding hydrogens is 386 g/mol. The van der Waals surface area contributed by atoms with E-state index in [0.717, 1.165) is 11.4 Å². The van der Waals surface area contributed by atoms with Crippen LogP contribution in [0.5, 0.6) is 0 Å². The molecule has 0 bridgehead atoms. The molecule has 0 atom stereocenters. The molecular formula is C31H25N. The lowest BCUT2D eigenvalue weighted by atomic mass is 9.94. The summed E-state index contributed by atoms with van der Waals surface area (Å²) in [6.45, 7) is 2.14. The highest BCUT2D eigenvalue weighted by Gasteiger charge is 2.10. The molecule has 0 radical (unpaired) electrons. The van der Waals surface area contributed by atoms with Gasteiger partial charge in [0, 0.05) is 16.9 Å². The molecule has 0 unspecified atom stereocenters. The summed E-state index contributed by atoms with van der Waals surface area (Å²) in [6.07, 6.45) is 0. The molecule has 154 valence electrons. The summed E-state index contributed by atoms with van der Waals surface area (Å²) in [5.74, 6) is 0. The van der Waals surface area contributed by atoms with Crippen molar-refractivity contribution in [3.8, 4) is 33.4 Å². The van der Waals surface area contributed by atoms with Gasteiger partial charge < -0.3 is 5.32 Å². The maximum Gasteiger partial charge on any atom is 0.0464 e. The fourth-order valence-corrected chi connectivity index (χ4v) is 4.07. The van der Waals surface area contributed by atoms with Gasteiger partial charge in [0.05, 0.1) is 0 Å². The summed E-state index contributed by atoms with van der Waals surface area (Å²) in [7, 11) is 0.